The minimum atomic E-state index is -1.38. The molecule has 6 rings (SSSR count). The number of phenolic OH excluding ortho intramolecular Hbond substituents is 2. The van der Waals surface area contributed by atoms with Crippen molar-refractivity contribution in [3.63, 3.8) is 0 Å². The maximum absolute atomic E-state index is 13.4. The van der Waals surface area contributed by atoms with Crippen molar-refractivity contribution in [2.45, 2.75) is 23.0 Å². The number of aromatic nitrogens is 5. The molecule has 2 aliphatic rings. The number of nitrogens with one attached hydrogen (secondary N) is 1. The monoisotopic (exact) mass is 743 g/mol. The SMILES string of the molecule is Nc1nc(C(=NOCc2cc(C(=O)O)cc(O)c2O)C(=O)N[C@@H]2C(=O)N3C(C(=O)O)=C(CSc4cc(C(=O)O)nc5ncnn45)CS[C@H]23)cs1. The van der Waals surface area contributed by atoms with Crippen LogP contribution in [-0.4, -0.2) is 113 Å². The Balaban J connectivity index is 1.19. The number of aliphatic carboxylic acids is 1. The molecule has 0 aliphatic carbocycles. The average molecular weight is 744 g/mol. The lowest BCUT2D eigenvalue weighted by molar-refractivity contribution is -0.150. The van der Waals surface area contributed by atoms with Crippen molar-refractivity contribution in [2.75, 3.05) is 17.2 Å². The Bertz CT molecular complexity index is 2170. The molecule has 2 atom stereocenters. The summed E-state index contributed by atoms with van der Waals surface area (Å²) in [5.41, 5.74) is 4.54. The molecule has 0 spiro atoms. The summed E-state index contributed by atoms with van der Waals surface area (Å²) >= 11 is 3.24. The van der Waals surface area contributed by atoms with Gasteiger partial charge >= 0.3 is 17.9 Å². The van der Waals surface area contributed by atoms with E-state index >= 15 is 0 Å². The molecule has 1 fully saturated rings. The molecule has 2 aliphatic heterocycles. The zero-order valence-electron chi connectivity index (χ0n) is 24.8. The third-order valence-electron chi connectivity index (χ3n) is 7.14. The quantitative estimate of drug-likeness (QED) is 0.0258. The molecule has 4 aromatic rings. The van der Waals surface area contributed by atoms with E-state index in [0.717, 1.165) is 40.1 Å². The number of aromatic hydroxyl groups is 2. The van der Waals surface area contributed by atoms with E-state index in [1.165, 1.54) is 34.1 Å². The van der Waals surface area contributed by atoms with Crippen molar-refractivity contribution in [3.8, 4) is 11.5 Å². The van der Waals surface area contributed by atoms with Gasteiger partial charge in [-0.15, -0.1) is 34.9 Å². The molecule has 0 bridgehead atoms. The standard InChI is InChI=1S/C27H21N9O11S3/c28-26-31-13(7-50-26)16(34-47-4-10-1-9(23(41)42)2-14(37)19(10)38)20(39)33-17-21(40)35-18(25(45)46)11(6-49-22(17)35)5-48-15-3-12(24(43)44)32-27-29-8-30-36(15)27/h1-3,7-8,17,22,37-38H,4-6H2,(H2,28,31)(H,33,39)(H,41,42)(H,43,44)(H,45,46)/t17-,22-/m1/s1. The fourth-order valence-electron chi connectivity index (χ4n) is 4.84. The number of benzene rings is 1. The summed E-state index contributed by atoms with van der Waals surface area (Å²) in [4.78, 5) is 80.2. The lowest BCUT2D eigenvalue weighted by Gasteiger charge is -2.49. The molecular weight excluding hydrogens is 723 g/mol. The van der Waals surface area contributed by atoms with Crippen LogP contribution in [0.5, 0.6) is 11.5 Å². The van der Waals surface area contributed by atoms with Gasteiger partial charge in [0.05, 0.1) is 5.56 Å². The maximum atomic E-state index is 13.4. The number of oxime groups is 1. The van der Waals surface area contributed by atoms with Crippen LogP contribution in [-0.2, 0) is 25.8 Å². The number of thioether (sulfide) groups is 2. The highest BCUT2D eigenvalue weighted by molar-refractivity contribution is 8.01. The van der Waals surface area contributed by atoms with E-state index in [9.17, 15) is 49.5 Å². The first-order valence-electron chi connectivity index (χ1n) is 13.8. The van der Waals surface area contributed by atoms with Crippen LogP contribution in [0.2, 0.25) is 0 Å². The maximum Gasteiger partial charge on any atom is 0.354 e. The van der Waals surface area contributed by atoms with Crippen molar-refractivity contribution in [1.82, 2.24) is 34.8 Å². The smallest absolute Gasteiger partial charge is 0.354 e. The molecule has 258 valence electrons. The summed E-state index contributed by atoms with van der Waals surface area (Å²) in [5.74, 6) is -6.88. The summed E-state index contributed by atoms with van der Waals surface area (Å²) in [6.45, 7) is -0.585. The minimum Gasteiger partial charge on any atom is -0.504 e. The molecule has 50 heavy (non-hydrogen) atoms. The van der Waals surface area contributed by atoms with Crippen molar-refractivity contribution >= 4 is 81.2 Å². The van der Waals surface area contributed by atoms with E-state index in [4.69, 9.17) is 10.6 Å². The number of amides is 2. The number of thiazole rings is 1. The van der Waals surface area contributed by atoms with Crippen LogP contribution in [0, 0.1) is 0 Å². The normalized spacial score (nSPS) is 17.3. The first-order valence-corrected chi connectivity index (χ1v) is 16.7. The zero-order chi connectivity index (χ0) is 35.9. The highest BCUT2D eigenvalue weighted by Gasteiger charge is 2.54. The Kier molecular flexibility index (Phi) is 9.18. The first-order chi connectivity index (χ1) is 23.8. The molecule has 5 heterocycles. The molecule has 20 nitrogen and oxygen atoms in total. The predicted molar refractivity (Wildman–Crippen MR) is 173 cm³/mol. The van der Waals surface area contributed by atoms with E-state index in [2.05, 4.69) is 30.5 Å². The highest BCUT2D eigenvalue weighted by Crippen LogP contribution is 2.42. The lowest BCUT2D eigenvalue weighted by Crippen LogP contribution is -2.71. The Morgan fingerprint density at radius 1 is 1.08 bits per heavy atom. The second-order valence-corrected chi connectivity index (χ2v) is 13.2. The Morgan fingerprint density at radius 3 is 2.54 bits per heavy atom. The highest BCUT2D eigenvalue weighted by atomic mass is 32.2. The number of phenols is 2. The van der Waals surface area contributed by atoms with Crippen LogP contribution < -0.4 is 11.1 Å². The van der Waals surface area contributed by atoms with Crippen LogP contribution in [0.1, 0.15) is 32.1 Å². The van der Waals surface area contributed by atoms with Gasteiger partial charge in [-0.3, -0.25) is 14.5 Å². The Hall–Kier alpha value is -5.94. The van der Waals surface area contributed by atoms with Gasteiger partial charge in [0.25, 0.3) is 17.6 Å². The van der Waals surface area contributed by atoms with Gasteiger partial charge in [0.1, 0.15) is 40.8 Å². The molecule has 23 heteroatoms. The van der Waals surface area contributed by atoms with E-state index in [1.807, 2.05) is 0 Å². The number of β-lactam (4-membered cyclic amide) rings is 1. The second kappa shape index (κ2) is 13.5. The van der Waals surface area contributed by atoms with Gasteiger partial charge in [-0.25, -0.2) is 24.4 Å². The number of hydrogen-bond donors (Lipinski definition) is 7. The van der Waals surface area contributed by atoms with Crippen LogP contribution >= 0.6 is 34.9 Å². The van der Waals surface area contributed by atoms with E-state index in [-0.39, 0.29) is 50.6 Å². The number of carboxylic acid groups (broad SMARTS) is 3. The number of aromatic carboxylic acids is 2. The van der Waals surface area contributed by atoms with Gasteiger partial charge in [-0.1, -0.05) is 5.16 Å². The summed E-state index contributed by atoms with van der Waals surface area (Å²) in [6, 6.07) is 1.96. The van der Waals surface area contributed by atoms with Crippen molar-refractivity contribution in [2.24, 2.45) is 5.16 Å². The molecule has 0 unspecified atom stereocenters. The Morgan fingerprint density at radius 2 is 1.86 bits per heavy atom. The van der Waals surface area contributed by atoms with Gasteiger partial charge in [0.15, 0.2) is 28.0 Å². The number of fused-ring (bicyclic) bond motifs is 2. The summed E-state index contributed by atoms with van der Waals surface area (Å²) < 4.78 is 1.30. The first kappa shape index (κ1) is 33.9. The number of carbonyl (C=O) groups excluding carboxylic acids is 2. The van der Waals surface area contributed by atoms with Gasteiger partial charge in [0.2, 0.25) is 0 Å². The third kappa shape index (κ3) is 6.42. The molecule has 8 N–H and O–H groups in total. The van der Waals surface area contributed by atoms with E-state index < -0.39 is 65.0 Å². The number of carbonyl (C=O) groups is 5. The van der Waals surface area contributed by atoms with Gasteiger partial charge in [0, 0.05) is 28.5 Å². The van der Waals surface area contributed by atoms with Crippen LogP contribution in [0.25, 0.3) is 5.78 Å². The van der Waals surface area contributed by atoms with Crippen molar-refractivity contribution in [3.05, 3.63) is 63.7 Å². The number of nitrogens with zero attached hydrogens (tertiary/aromatic N) is 7. The molecule has 3 aromatic heterocycles. The molecule has 1 aromatic carbocycles. The molecule has 0 saturated carbocycles. The number of anilines is 1. The van der Waals surface area contributed by atoms with Crippen LogP contribution in [0.4, 0.5) is 5.13 Å². The van der Waals surface area contributed by atoms with Crippen LogP contribution in [0.3, 0.4) is 0 Å². The van der Waals surface area contributed by atoms with Gasteiger partial charge in [-0.2, -0.15) is 14.6 Å². The van der Waals surface area contributed by atoms with E-state index in [1.54, 1.807) is 0 Å². The summed E-state index contributed by atoms with van der Waals surface area (Å²) in [7, 11) is 0. The number of nitrogen functional groups attached to an aromatic ring is 1. The minimum absolute atomic E-state index is 0.0351. The topological polar surface area (TPSA) is 305 Å². The Labute approximate surface area is 290 Å². The fourth-order valence-corrected chi connectivity index (χ4v) is 7.87. The van der Waals surface area contributed by atoms with Crippen molar-refractivity contribution < 1.29 is 54.3 Å². The number of rotatable bonds is 12. The average Bonchev–Trinajstić information content (AvgIpc) is 3.74. The number of nitrogens with two attached hydrogens (primary N) is 1. The number of carboxylic acids is 3. The number of hydrogen-bond acceptors (Lipinski definition) is 17. The fraction of sp³-hybridized carbons (Fsp3) is 0.185. The zero-order valence-corrected chi connectivity index (χ0v) is 27.2. The second-order valence-electron chi connectivity index (χ2n) is 10.3. The molecule has 0 radical (unpaired) electrons. The largest absolute Gasteiger partial charge is 0.504 e. The molecule has 2 amide bonds. The summed E-state index contributed by atoms with van der Waals surface area (Å²) in [6.07, 6.45) is 1.19. The lowest BCUT2D eigenvalue weighted by atomic mass is 10.0. The van der Waals surface area contributed by atoms with Gasteiger partial charge < -0.3 is 41.4 Å². The van der Waals surface area contributed by atoms with Crippen molar-refractivity contribution in [1.29, 1.82) is 0 Å². The third-order valence-corrected chi connectivity index (χ3v) is 10.2. The van der Waals surface area contributed by atoms with Gasteiger partial charge in [-0.05, 0) is 17.7 Å². The molecular formula is C27H21N9O11S3. The summed E-state index contributed by atoms with van der Waals surface area (Å²) in [5, 5.41) is 60.1. The predicted octanol–water partition coefficient (Wildman–Crippen LogP) is 0.422. The molecule has 1 saturated heterocycles. The van der Waals surface area contributed by atoms with E-state index in [0.29, 0.717) is 10.6 Å². The van der Waals surface area contributed by atoms with Crippen LogP contribution in [0.15, 0.2) is 51.4 Å².